The lowest BCUT2D eigenvalue weighted by Gasteiger charge is -2.32. The standard InChI is InChI=1S/C16H23BrClN/c1-2-9-19-16-6-4-3-5-13(16)10-12-7-8-14(17)11-15(12)18/h7-8,11,13,16,19H,2-6,9-10H2,1H3. The molecule has 0 bridgehead atoms. The van der Waals surface area contributed by atoms with Gasteiger partial charge in [-0.15, -0.1) is 0 Å². The molecule has 19 heavy (non-hydrogen) atoms. The Labute approximate surface area is 130 Å². The Bertz CT molecular complexity index is 408. The zero-order valence-electron chi connectivity index (χ0n) is 11.6. The van der Waals surface area contributed by atoms with Crippen LogP contribution in [-0.2, 0) is 6.42 Å². The number of rotatable bonds is 5. The lowest BCUT2D eigenvalue weighted by Crippen LogP contribution is -2.39. The van der Waals surface area contributed by atoms with Gasteiger partial charge in [-0.05, 0) is 55.8 Å². The summed E-state index contributed by atoms with van der Waals surface area (Å²) in [6.07, 6.45) is 7.69. The zero-order chi connectivity index (χ0) is 13.7. The highest BCUT2D eigenvalue weighted by molar-refractivity contribution is 9.10. The molecule has 2 unspecified atom stereocenters. The number of benzene rings is 1. The van der Waals surface area contributed by atoms with Crippen molar-refractivity contribution in [3.63, 3.8) is 0 Å². The molecule has 1 saturated carbocycles. The Balaban J connectivity index is 2.02. The van der Waals surface area contributed by atoms with Crippen LogP contribution in [0.4, 0.5) is 0 Å². The molecule has 0 radical (unpaired) electrons. The smallest absolute Gasteiger partial charge is 0.0449 e. The van der Waals surface area contributed by atoms with Crippen LogP contribution in [0.1, 0.15) is 44.6 Å². The molecule has 0 heterocycles. The Morgan fingerprint density at radius 2 is 2.11 bits per heavy atom. The molecule has 2 rings (SSSR count). The SMILES string of the molecule is CCCNC1CCCCC1Cc1ccc(Br)cc1Cl. The van der Waals surface area contributed by atoms with Crippen molar-refractivity contribution in [2.45, 2.75) is 51.5 Å². The Hall–Kier alpha value is -0.0500. The van der Waals surface area contributed by atoms with Gasteiger partial charge in [-0.3, -0.25) is 0 Å². The topological polar surface area (TPSA) is 12.0 Å². The summed E-state index contributed by atoms with van der Waals surface area (Å²) in [5.74, 6) is 0.735. The lowest BCUT2D eigenvalue weighted by molar-refractivity contribution is 0.261. The molecule has 1 nitrogen and oxygen atoms in total. The quantitative estimate of drug-likeness (QED) is 0.773. The van der Waals surface area contributed by atoms with Gasteiger partial charge in [-0.25, -0.2) is 0 Å². The maximum atomic E-state index is 6.35. The van der Waals surface area contributed by atoms with Crippen molar-refractivity contribution in [2.75, 3.05) is 6.54 Å². The molecule has 1 N–H and O–H groups in total. The maximum Gasteiger partial charge on any atom is 0.0449 e. The molecule has 0 amide bonds. The largest absolute Gasteiger partial charge is 0.314 e. The summed E-state index contributed by atoms with van der Waals surface area (Å²) in [7, 11) is 0. The Kier molecular flexibility index (Phi) is 6.18. The predicted octanol–water partition coefficient (Wildman–Crippen LogP) is 5.20. The van der Waals surface area contributed by atoms with E-state index in [0.29, 0.717) is 6.04 Å². The van der Waals surface area contributed by atoms with E-state index in [9.17, 15) is 0 Å². The minimum atomic E-state index is 0.674. The van der Waals surface area contributed by atoms with Gasteiger partial charge < -0.3 is 5.32 Å². The van der Waals surface area contributed by atoms with Gasteiger partial charge in [-0.2, -0.15) is 0 Å². The van der Waals surface area contributed by atoms with Crippen molar-refractivity contribution in [3.8, 4) is 0 Å². The van der Waals surface area contributed by atoms with Gasteiger partial charge >= 0.3 is 0 Å². The molecule has 3 heteroatoms. The van der Waals surface area contributed by atoms with Crippen LogP contribution in [0.5, 0.6) is 0 Å². The summed E-state index contributed by atoms with van der Waals surface area (Å²) in [5.41, 5.74) is 1.29. The molecule has 1 aliphatic rings. The van der Waals surface area contributed by atoms with Gasteiger partial charge in [0.05, 0.1) is 0 Å². The van der Waals surface area contributed by atoms with E-state index in [-0.39, 0.29) is 0 Å². The molecule has 0 saturated heterocycles. The number of hydrogen-bond acceptors (Lipinski definition) is 1. The van der Waals surface area contributed by atoms with Crippen LogP contribution in [0.25, 0.3) is 0 Å². The van der Waals surface area contributed by atoms with E-state index in [1.165, 1.54) is 37.7 Å². The second kappa shape index (κ2) is 7.66. The molecule has 1 aromatic rings. The van der Waals surface area contributed by atoms with Crippen LogP contribution in [0, 0.1) is 5.92 Å². The number of halogens is 2. The van der Waals surface area contributed by atoms with Crippen LogP contribution < -0.4 is 5.32 Å². The first-order valence-electron chi connectivity index (χ1n) is 7.38. The van der Waals surface area contributed by atoms with E-state index >= 15 is 0 Å². The predicted molar refractivity (Wildman–Crippen MR) is 86.9 cm³/mol. The Morgan fingerprint density at radius 3 is 2.84 bits per heavy atom. The third kappa shape index (κ3) is 4.47. The van der Waals surface area contributed by atoms with E-state index in [0.717, 1.165) is 28.4 Å². The summed E-state index contributed by atoms with van der Waals surface area (Å²) in [6, 6.07) is 6.94. The first kappa shape index (κ1) is 15.3. The van der Waals surface area contributed by atoms with Crippen molar-refractivity contribution in [1.82, 2.24) is 5.32 Å². The van der Waals surface area contributed by atoms with Crippen molar-refractivity contribution in [3.05, 3.63) is 33.3 Å². The second-order valence-electron chi connectivity index (χ2n) is 5.55. The molecule has 2 atom stereocenters. The van der Waals surface area contributed by atoms with Crippen LogP contribution in [0.3, 0.4) is 0 Å². The second-order valence-corrected chi connectivity index (χ2v) is 6.87. The minimum Gasteiger partial charge on any atom is -0.314 e. The number of nitrogens with one attached hydrogen (secondary N) is 1. The van der Waals surface area contributed by atoms with E-state index < -0.39 is 0 Å². The monoisotopic (exact) mass is 343 g/mol. The fourth-order valence-corrected chi connectivity index (χ4v) is 3.77. The average Bonchev–Trinajstić information content (AvgIpc) is 2.41. The zero-order valence-corrected chi connectivity index (χ0v) is 13.9. The first-order valence-corrected chi connectivity index (χ1v) is 8.55. The maximum absolute atomic E-state index is 6.35. The molecule has 0 aromatic heterocycles. The summed E-state index contributed by atoms with van der Waals surface area (Å²) >= 11 is 9.82. The van der Waals surface area contributed by atoms with Gasteiger partial charge in [0.2, 0.25) is 0 Å². The third-order valence-corrected chi connectivity index (χ3v) is 4.91. The van der Waals surface area contributed by atoms with E-state index in [1.807, 2.05) is 6.07 Å². The van der Waals surface area contributed by atoms with Crippen molar-refractivity contribution >= 4 is 27.5 Å². The summed E-state index contributed by atoms with van der Waals surface area (Å²) in [6.45, 7) is 3.37. The van der Waals surface area contributed by atoms with E-state index in [2.05, 4.69) is 40.3 Å². The van der Waals surface area contributed by atoms with Crippen LogP contribution in [0.2, 0.25) is 5.02 Å². The van der Waals surface area contributed by atoms with Crippen LogP contribution in [-0.4, -0.2) is 12.6 Å². The normalized spacial score (nSPS) is 23.5. The molecule has 0 aliphatic heterocycles. The average molecular weight is 345 g/mol. The summed E-state index contributed by atoms with van der Waals surface area (Å²) in [4.78, 5) is 0. The van der Waals surface area contributed by atoms with Crippen molar-refractivity contribution in [2.24, 2.45) is 5.92 Å². The molecule has 0 spiro atoms. The third-order valence-electron chi connectivity index (χ3n) is 4.06. The highest BCUT2D eigenvalue weighted by atomic mass is 79.9. The fraction of sp³-hybridized carbons (Fsp3) is 0.625. The summed E-state index contributed by atoms with van der Waals surface area (Å²) < 4.78 is 1.06. The van der Waals surface area contributed by atoms with Gasteiger partial charge in [-0.1, -0.05) is 53.4 Å². The molecular weight excluding hydrogens is 322 g/mol. The molecule has 1 aliphatic carbocycles. The van der Waals surface area contributed by atoms with Gasteiger partial charge in [0, 0.05) is 15.5 Å². The van der Waals surface area contributed by atoms with Crippen molar-refractivity contribution in [1.29, 1.82) is 0 Å². The van der Waals surface area contributed by atoms with Gasteiger partial charge in [0.1, 0.15) is 0 Å². The first-order chi connectivity index (χ1) is 9.20. The highest BCUT2D eigenvalue weighted by Crippen LogP contribution is 2.31. The Morgan fingerprint density at radius 1 is 1.32 bits per heavy atom. The van der Waals surface area contributed by atoms with Crippen LogP contribution in [0.15, 0.2) is 22.7 Å². The van der Waals surface area contributed by atoms with E-state index in [4.69, 9.17) is 11.6 Å². The minimum absolute atomic E-state index is 0.674. The lowest BCUT2D eigenvalue weighted by atomic mass is 9.80. The van der Waals surface area contributed by atoms with Gasteiger partial charge in [0.15, 0.2) is 0 Å². The van der Waals surface area contributed by atoms with Crippen molar-refractivity contribution < 1.29 is 0 Å². The molecule has 106 valence electrons. The van der Waals surface area contributed by atoms with Crippen LogP contribution >= 0.6 is 27.5 Å². The van der Waals surface area contributed by atoms with Gasteiger partial charge in [0.25, 0.3) is 0 Å². The molecular formula is C16H23BrClN. The fourth-order valence-electron chi connectivity index (χ4n) is 3.02. The highest BCUT2D eigenvalue weighted by Gasteiger charge is 2.25. The van der Waals surface area contributed by atoms with E-state index in [1.54, 1.807) is 0 Å². The molecule has 1 fully saturated rings. The summed E-state index contributed by atoms with van der Waals surface area (Å²) in [5, 5.41) is 4.62. The number of hydrogen-bond donors (Lipinski definition) is 1. The molecule has 1 aromatic carbocycles.